The van der Waals surface area contributed by atoms with E-state index in [4.69, 9.17) is 4.74 Å². The van der Waals surface area contributed by atoms with Gasteiger partial charge in [-0.05, 0) is 19.9 Å². The predicted octanol–water partition coefficient (Wildman–Crippen LogP) is 0.404. The number of nitrogens with one attached hydrogen (secondary N) is 1. The molecule has 2 fully saturated rings. The average molecular weight is 264 g/mol. The number of ether oxygens (including phenoxy) is 1. The van der Waals surface area contributed by atoms with Crippen LogP contribution in [0.4, 0.5) is 0 Å². The maximum atomic E-state index is 12.4. The molecule has 2 atom stereocenters. The molecule has 2 saturated heterocycles. The molecule has 1 aromatic heterocycles. The van der Waals surface area contributed by atoms with E-state index in [1.807, 2.05) is 11.1 Å². The van der Waals surface area contributed by atoms with Crippen LogP contribution in [0.1, 0.15) is 24.7 Å². The van der Waals surface area contributed by atoms with Gasteiger partial charge in [0.15, 0.2) is 0 Å². The van der Waals surface area contributed by atoms with Gasteiger partial charge in [0.25, 0.3) is 5.91 Å². The number of rotatable bonds is 2. The van der Waals surface area contributed by atoms with E-state index >= 15 is 0 Å². The van der Waals surface area contributed by atoms with Crippen molar-refractivity contribution in [3.63, 3.8) is 0 Å². The monoisotopic (exact) mass is 264 g/mol. The molecule has 6 heteroatoms. The van der Waals surface area contributed by atoms with Gasteiger partial charge in [0.1, 0.15) is 11.9 Å². The number of aromatic amines is 1. The Morgan fingerprint density at radius 1 is 1.53 bits per heavy atom. The molecule has 6 nitrogen and oxygen atoms in total. The second kappa shape index (κ2) is 5.30. The summed E-state index contributed by atoms with van der Waals surface area (Å²) in [6.07, 6.45) is 5.21. The molecule has 0 aliphatic carbocycles. The molecule has 3 rings (SSSR count). The van der Waals surface area contributed by atoms with Crippen LogP contribution < -0.4 is 0 Å². The Labute approximate surface area is 112 Å². The molecule has 104 valence electrons. The number of aromatic nitrogens is 2. The van der Waals surface area contributed by atoms with Gasteiger partial charge in [0.2, 0.25) is 0 Å². The Morgan fingerprint density at radius 3 is 3.11 bits per heavy atom. The summed E-state index contributed by atoms with van der Waals surface area (Å²) in [5.74, 6) is 1.06. The third-order valence-corrected chi connectivity index (χ3v) is 4.00. The van der Waals surface area contributed by atoms with E-state index < -0.39 is 0 Å². The fraction of sp³-hybridized carbons (Fsp3) is 0.692. The lowest BCUT2D eigenvalue weighted by atomic mass is 10.1. The standard InChI is InChI=1S/C13H20N4O2/c1-16-6-7-17(13(18)11-3-2-8-19-11)9-10(16)12-14-4-5-15-12/h4-5,10-11H,2-3,6-9H2,1H3,(H,14,15). The zero-order valence-electron chi connectivity index (χ0n) is 11.2. The number of hydrogen-bond donors (Lipinski definition) is 1. The van der Waals surface area contributed by atoms with Crippen LogP contribution in [-0.2, 0) is 9.53 Å². The van der Waals surface area contributed by atoms with E-state index in [1.54, 1.807) is 6.20 Å². The topological polar surface area (TPSA) is 61.5 Å². The van der Waals surface area contributed by atoms with Gasteiger partial charge in [-0.15, -0.1) is 0 Å². The van der Waals surface area contributed by atoms with Crippen molar-refractivity contribution in [2.75, 3.05) is 33.3 Å². The van der Waals surface area contributed by atoms with Crippen LogP contribution in [0.25, 0.3) is 0 Å². The van der Waals surface area contributed by atoms with Crippen LogP contribution in [0, 0.1) is 0 Å². The van der Waals surface area contributed by atoms with E-state index in [-0.39, 0.29) is 18.1 Å². The molecule has 2 unspecified atom stereocenters. The molecule has 1 N–H and O–H groups in total. The van der Waals surface area contributed by atoms with Gasteiger partial charge in [0.05, 0.1) is 6.04 Å². The summed E-state index contributed by atoms with van der Waals surface area (Å²) in [6, 6.07) is 0.147. The van der Waals surface area contributed by atoms with Gasteiger partial charge in [-0.25, -0.2) is 4.98 Å². The summed E-state index contributed by atoms with van der Waals surface area (Å²) in [5, 5.41) is 0. The maximum absolute atomic E-state index is 12.4. The van der Waals surface area contributed by atoms with E-state index in [0.29, 0.717) is 13.2 Å². The third kappa shape index (κ3) is 2.50. The summed E-state index contributed by atoms with van der Waals surface area (Å²) in [6.45, 7) is 3.03. The quantitative estimate of drug-likeness (QED) is 0.840. The minimum absolute atomic E-state index is 0.141. The summed E-state index contributed by atoms with van der Waals surface area (Å²) < 4.78 is 5.49. The lowest BCUT2D eigenvalue weighted by Gasteiger charge is -2.39. The number of carbonyl (C=O) groups is 1. The number of amides is 1. The Kier molecular flexibility index (Phi) is 3.52. The highest BCUT2D eigenvalue weighted by Crippen LogP contribution is 2.23. The minimum Gasteiger partial charge on any atom is -0.368 e. The molecule has 0 spiro atoms. The van der Waals surface area contributed by atoms with Crippen LogP contribution in [0.3, 0.4) is 0 Å². The molecule has 3 heterocycles. The molecule has 2 aliphatic heterocycles. The highest BCUT2D eigenvalue weighted by atomic mass is 16.5. The van der Waals surface area contributed by atoms with E-state index in [0.717, 1.165) is 31.8 Å². The Hall–Kier alpha value is -1.40. The minimum atomic E-state index is -0.222. The van der Waals surface area contributed by atoms with Crippen LogP contribution in [0.5, 0.6) is 0 Å². The van der Waals surface area contributed by atoms with Crippen molar-refractivity contribution in [2.45, 2.75) is 25.0 Å². The molecule has 0 radical (unpaired) electrons. The Balaban J connectivity index is 1.69. The summed E-state index contributed by atoms with van der Waals surface area (Å²) in [7, 11) is 2.07. The van der Waals surface area contributed by atoms with Crippen molar-refractivity contribution in [3.8, 4) is 0 Å². The van der Waals surface area contributed by atoms with Gasteiger partial charge in [-0.3, -0.25) is 9.69 Å². The van der Waals surface area contributed by atoms with Gasteiger partial charge in [0, 0.05) is 38.6 Å². The number of likely N-dealkylation sites (N-methyl/N-ethyl adjacent to an activating group) is 1. The lowest BCUT2D eigenvalue weighted by molar-refractivity contribution is -0.143. The summed E-state index contributed by atoms with van der Waals surface area (Å²) >= 11 is 0. The molecule has 1 aromatic rings. The molecular weight excluding hydrogens is 244 g/mol. The second-order valence-corrected chi connectivity index (χ2v) is 5.26. The number of hydrogen-bond acceptors (Lipinski definition) is 4. The van der Waals surface area contributed by atoms with Gasteiger partial charge in [-0.2, -0.15) is 0 Å². The fourth-order valence-electron chi connectivity index (χ4n) is 2.80. The number of H-pyrrole nitrogens is 1. The van der Waals surface area contributed by atoms with Crippen molar-refractivity contribution in [3.05, 3.63) is 18.2 Å². The third-order valence-electron chi connectivity index (χ3n) is 4.00. The van der Waals surface area contributed by atoms with E-state index in [2.05, 4.69) is 21.9 Å². The first kappa shape index (κ1) is 12.6. The molecule has 2 aliphatic rings. The van der Waals surface area contributed by atoms with Crippen LogP contribution in [0.15, 0.2) is 12.4 Å². The molecule has 1 amide bonds. The first-order valence-electron chi connectivity index (χ1n) is 6.85. The number of carbonyl (C=O) groups excluding carboxylic acids is 1. The zero-order valence-corrected chi connectivity index (χ0v) is 11.2. The van der Waals surface area contributed by atoms with Gasteiger partial charge in [-0.1, -0.05) is 0 Å². The summed E-state index contributed by atoms with van der Waals surface area (Å²) in [4.78, 5) is 24.0. The van der Waals surface area contributed by atoms with Gasteiger partial charge < -0.3 is 14.6 Å². The molecule has 0 aromatic carbocycles. The number of nitrogens with zero attached hydrogens (tertiary/aromatic N) is 3. The number of imidazole rings is 1. The first-order chi connectivity index (χ1) is 9.25. The van der Waals surface area contributed by atoms with Crippen molar-refractivity contribution in [2.24, 2.45) is 0 Å². The fourth-order valence-corrected chi connectivity index (χ4v) is 2.80. The highest BCUT2D eigenvalue weighted by molar-refractivity contribution is 5.81. The van der Waals surface area contributed by atoms with E-state index in [9.17, 15) is 4.79 Å². The van der Waals surface area contributed by atoms with Crippen molar-refractivity contribution in [1.29, 1.82) is 0 Å². The number of piperazine rings is 1. The average Bonchev–Trinajstić information content (AvgIpc) is 3.12. The first-order valence-corrected chi connectivity index (χ1v) is 6.85. The largest absolute Gasteiger partial charge is 0.368 e. The molecule has 19 heavy (non-hydrogen) atoms. The van der Waals surface area contributed by atoms with Crippen LogP contribution in [0.2, 0.25) is 0 Å². The molecule has 0 bridgehead atoms. The lowest BCUT2D eigenvalue weighted by Crippen LogP contribution is -2.51. The van der Waals surface area contributed by atoms with Crippen LogP contribution >= 0.6 is 0 Å². The Morgan fingerprint density at radius 2 is 2.42 bits per heavy atom. The predicted molar refractivity (Wildman–Crippen MR) is 69.5 cm³/mol. The van der Waals surface area contributed by atoms with Crippen molar-refractivity contribution < 1.29 is 9.53 Å². The smallest absolute Gasteiger partial charge is 0.251 e. The van der Waals surface area contributed by atoms with Gasteiger partial charge >= 0.3 is 0 Å². The van der Waals surface area contributed by atoms with Crippen molar-refractivity contribution in [1.82, 2.24) is 19.8 Å². The normalized spacial score (nSPS) is 28.8. The SMILES string of the molecule is CN1CCN(C(=O)C2CCCO2)CC1c1ncc[nH]1. The second-order valence-electron chi connectivity index (χ2n) is 5.26. The highest BCUT2D eigenvalue weighted by Gasteiger charge is 2.34. The molecule has 0 saturated carbocycles. The van der Waals surface area contributed by atoms with Crippen molar-refractivity contribution >= 4 is 5.91 Å². The van der Waals surface area contributed by atoms with Crippen LogP contribution in [-0.4, -0.2) is 65.1 Å². The molecular formula is C13H20N4O2. The summed E-state index contributed by atoms with van der Waals surface area (Å²) in [5.41, 5.74) is 0. The Bertz CT molecular complexity index is 428. The zero-order chi connectivity index (χ0) is 13.2. The maximum Gasteiger partial charge on any atom is 0.251 e. The van der Waals surface area contributed by atoms with E-state index in [1.165, 1.54) is 0 Å².